The van der Waals surface area contributed by atoms with Crippen LogP contribution in [0.1, 0.15) is 34.7 Å². The Morgan fingerprint density at radius 1 is 0.879 bits per heavy atom. The van der Waals surface area contributed by atoms with E-state index in [2.05, 4.69) is 39.8 Å². The molecule has 0 bridgehead atoms. The van der Waals surface area contributed by atoms with Gasteiger partial charge < -0.3 is 4.74 Å². The number of carbonyl (C=O) groups excluding carboxylic acids is 1. The minimum atomic E-state index is -0.0697. The molecule has 4 nitrogen and oxygen atoms in total. The summed E-state index contributed by atoms with van der Waals surface area (Å²) in [4.78, 5) is 20.8. The van der Waals surface area contributed by atoms with Crippen molar-refractivity contribution in [1.29, 1.82) is 0 Å². The summed E-state index contributed by atoms with van der Waals surface area (Å²) in [6.07, 6.45) is 1.92. The molecule has 33 heavy (non-hydrogen) atoms. The fraction of sp³-hybridized carbons (Fsp3) is 0.214. The van der Waals surface area contributed by atoms with E-state index in [-0.39, 0.29) is 5.91 Å². The van der Waals surface area contributed by atoms with Crippen molar-refractivity contribution < 1.29 is 9.53 Å². The molecular formula is C28H28N2O2S. The quantitative estimate of drug-likeness (QED) is 0.384. The molecule has 1 saturated heterocycles. The number of carbonyl (C=O) groups is 1. The average molecular weight is 457 g/mol. The highest BCUT2D eigenvalue weighted by Crippen LogP contribution is 2.38. The van der Waals surface area contributed by atoms with Gasteiger partial charge in [0.25, 0.3) is 5.91 Å². The maximum atomic E-state index is 13.5. The Kier molecular flexibility index (Phi) is 6.70. The third-order valence-electron chi connectivity index (χ3n) is 5.76. The number of aliphatic imine (C=N–C) groups is 1. The van der Waals surface area contributed by atoms with Crippen LogP contribution >= 0.6 is 11.8 Å². The number of hydrogen-bond donors (Lipinski definition) is 0. The molecule has 0 unspecified atom stereocenters. The summed E-state index contributed by atoms with van der Waals surface area (Å²) in [5.41, 5.74) is 7.33. The summed E-state index contributed by atoms with van der Waals surface area (Å²) in [6, 6.07) is 20.0. The number of aryl methyl sites for hydroxylation is 4. The standard InChI is InChI=1S/C28H28N2O2S/c1-6-32-25-13-9-22(10-14-25)17-26-27(31)30(24-12-8-19(3)21(5)16-24)28(33-26)29-23-11-7-18(2)20(4)15-23/h7-17H,6H2,1-5H3. The first kappa shape index (κ1) is 22.9. The topological polar surface area (TPSA) is 41.9 Å². The molecule has 0 radical (unpaired) electrons. The second-order valence-electron chi connectivity index (χ2n) is 8.18. The highest BCUT2D eigenvalue weighted by Gasteiger charge is 2.35. The van der Waals surface area contributed by atoms with Crippen LogP contribution in [0.5, 0.6) is 5.75 Å². The van der Waals surface area contributed by atoms with Crippen LogP contribution in [0.25, 0.3) is 6.08 Å². The lowest BCUT2D eigenvalue weighted by Crippen LogP contribution is -2.28. The fourth-order valence-electron chi connectivity index (χ4n) is 3.53. The first-order valence-corrected chi connectivity index (χ1v) is 11.9. The Labute approximate surface area is 200 Å². The molecule has 3 aromatic carbocycles. The highest BCUT2D eigenvalue weighted by molar-refractivity contribution is 8.19. The largest absolute Gasteiger partial charge is 0.494 e. The van der Waals surface area contributed by atoms with E-state index in [1.807, 2.05) is 61.5 Å². The summed E-state index contributed by atoms with van der Waals surface area (Å²) < 4.78 is 5.53. The molecule has 0 spiro atoms. The molecule has 1 heterocycles. The Morgan fingerprint density at radius 2 is 1.55 bits per heavy atom. The second-order valence-corrected chi connectivity index (χ2v) is 9.19. The Morgan fingerprint density at radius 3 is 2.18 bits per heavy atom. The van der Waals surface area contributed by atoms with E-state index in [0.717, 1.165) is 28.3 Å². The molecule has 0 N–H and O–H groups in total. The van der Waals surface area contributed by atoms with Crippen molar-refractivity contribution >= 4 is 40.3 Å². The van der Waals surface area contributed by atoms with Gasteiger partial charge in [0.15, 0.2) is 5.17 Å². The molecule has 1 fully saturated rings. The molecule has 0 atom stereocenters. The highest BCUT2D eigenvalue weighted by atomic mass is 32.2. The molecule has 0 aromatic heterocycles. The van der Waals surface area contributed by atoms with Gasteiger partial charge in [0.1, 0.15) is 5.75 Å². The van der Waals surface area contributed by atoms with Crippen molar-refractivity contribution in [3.63, 3.8) is 0 Å². The lowest BCUT2D eigenvalue weighted by molar-refractivity contribution is -0.113. The number of ether oxygens (including phenoxy) is 1. The predicted molar refractivity (Wildman–Crippen MR) is 140 cm³/mol. The van der Waals surface area contributed by atoms with Crippen LogP contribution < -0.4 is 9.64 Å². The molecule has 1 aliphatic heterocycles. The SMILES string of the molecule is CCOc1ccc(C=C2SC(=Nc3ccc(C)c(C)c3)N(c3ccc(C)c(C)c3)C2=O)cc1. The molecular weight excluding hydrogens is 428 g/mol. The number of thioether (sulfide) groups is 1. The van der Waals surface area contributed by atoms with E-state index in [1.165, 1.54) is 28.5 Å². The van der Waals surface area contributed by atoms with Gasteiger partial charge in [0.05, 0.1) is 22.9 Å². The number of nitrogens with zero attached hydrogens (tertiary/aromatic N) is 2. The van der Waals surface area contributed by atoms with Crippen LogP contribution in [0.3, 0.4) is 0 Å². The third kappa shape index (κ3) is 5.04. The molecule has 5 heteroatoms. The zero-order valence-electron chi connectivity index (χ0n) is 19.7. The van der Waals surface area contributed by atoms with Crippen molar-refractivity contribution in [2.45, 2.75) is 34.6 Å². The number of hydrogen-bond acceptors (Lipinski definition) is 4. The Bertz CT molecular complexity index is 1260. The van der Waals surface area contributed by atoms with E-state index in [9.17, 15) is 4.79 Å². The summed E-state index contributed by atoms with van der Waals surface area (Å²) in [5.74, 6) is 0.749. The van der Waals surface area contributed by atoms with Crippen LogP contribution in [0.2, 0.25) is 0 Å². The van der Waals surface area contributed by atoms with Gasteiger partial charge >= 0.3 is 0 Å². The van der Waals surface area contributed by atoms with Gasteiger partial charge in [-0.05, 0) is 117 Å². The number of amides is 1. The van der Waals surface area contributed by atoms with Crippen molar-refractivity contribution in [1.82, 2.24) is 0 Å². The normalized spacial score (nSPS) is 16.2. The van der Waals surface area contributed by atoms with E-state index in [0.29, 0.717) is 16.7 Å². The summed E-state index contributed by atoms with van der Waals surface area (Å²) >= 11 is 1.40. The minimum Gasteiger partial charge on any atom is -0.494 e. The van der Waals surface area contributed by atoms with E-state index >= 15 is 0 Å². The lowest BCUT2D eigenvalue weighted by Gasteiger charge is -2.17. The molecule has 4 rings (SSSR count). The predicted octanol–water partition coefficient (Wildman–Crippen LogP) is 7.13. The third-order valence-corrected chi connectivity index (χ3v) is 6.73. The number of anilines is 1. The van der Waals surface area contributed by atoms with Gasteiger partial charge in [-0.2, -0.15) is 0 Å². The Hall–Kier alpha value is -3.31. The lowest BCUT2D eigenvalue weighted by atomic mass is 10.1. The first-order valence-electron chi connectivity index (χ1n) is 11.1. The molecule has 1 amide bonds. The van der Waals surface area contributed by atoms with Gasteiger partial charge in [-0.25, -0.2) is 4.99 Å². The van der Waals surface area contributed by atoms with Crippen molar-refractivity contribution in [3.8, 4) is 5.75 Å². The van der Waals surface area contributed by atoms with E-state index in [1.54, 1.807) is 4.90 Å². The molecule has 0 saturated carbocycles. The van der Waals surface area contributed by atoms with E-state index in [4.69, 9.17) is 9.73 Å². The van der Waals surface area contributed by atoms with Crippen molar-refractivity contribution in [2.24, 2.45) is 4.99 Å². The summed E-state index contributed by atoms with van der Waals surface area (Å²) in [7, 11) is 0. The molecule has 1 aliphatic rings. The van der Waals surface area contributed by atoms with Crippen LogP contribution in [0.15, 0.2) is 70.6 Å². The monoisotopic (exact) mass is 456 g/mol. The number of benzene rings is 3. The van der Waals surface area contributed by atoms with Crippen molar-refractivity contribution in [3.05, 3.63) is 93.4 Å². The minimum absolute atomic E-state index is 0.0697. The second kappa shape index (κ2) is 9.67. The first-order chi connectivity index (χ1) is 15.9. The smallest absolute Gasteiger partial charge is 0.271 e. The maximum Gasteiger partial charge on any atom is 0.271 e. The maximum absolute atomic E-state index is 13.5. The van der Waals surface area contributed by atoms with Crippen LogP contribution in [0.4, 0.5) is 11.4 Å². The number of amidine groups is 1. The van der Waals surface area contributed by atoms with Crippen molar-refractivity contribution in [2.75, 3.05) is 11.5 Å². The summed E-state index contributed by atoms with van der Waals surface area (Å²) in [6.45, 7) is 10.9. The Balaban J connectivity index is 1.75. The molecule has 3 aromatic rings. The van der Waals surface area contributed by atoms with Crippen LogP contribution in [0, 0.1) is 27.7 Å². The van der Waals surface area contributed by atoms with Gasteiger partial charge in [-0.15, -0.1) is 0 Å². The fourth-order valence-corrected chi connectivity index (χ4v) is 4.53. The zero-order chi connectivity index (χ0) is 23.5. The van der Waals surface area contributed by atoms with Gasteiger partial charge in [-0.1, -0.05) is 24.3 Å². The molecule has 168 valence electrons. The molecule has 0 aliphatic carbocycles. The summed E-state index contributed by atoms with van der Waals surface area (Å²) in [5, 5.41) is 0.656. The van der Waals surface area contributed by atoms with Gasteiger partial charge in [0.2, 0.25) is 0 Å². The zero-order valence-corrected chi connectivity index (χ0v) is 20.5. The van der Waals surface area contributed by atoms with Gasteiger partial charge in [0, 0.05) is 0 Å². The van der Waals surface area contributed by atoms with Gasteiger partial charge in [-0.3, -0.25) is 9.69 Å². The average Bonchev–Trinajstić information content (AvgIpc) is 3.09. The van der Waals surface area contributed by atoms with Crippen LogP contribution in [-0.4, -0.2) is 17.7 Å². The van der Waals surface area contributed by atoms with E-state index < -0.39 is 0 Å². The number of rotatable bonds is 5. The van der Waals surface area contributed by atoms with Crippen LogP contribution in [-0.2, 0) is 4.79 Å².